The molecule has 5 heteroatoms. The van der Waals surface area contributed by atoms with E-state index >= 15 is 0 Å². The number of hydrogen-bond acceptors (Lipinski definition) is 2. The molecule has 0 saturated carbocycles. The van der Waals surface area contributed by atoms with E-state index in [0.717, 1.165) is 17.6 Å². The van der Waals surface area contributed by atoms with Gasteiger partial charge in [0.15, 0.2) is 0 Å². The van der Waals surface area contributed by atoms with Gasteiger partial charge in [-0.1, -0.05) is 11.6 Å². The number of rotatable bonds is 1. The van der Waals surface area contributed by atoms with Crippen LogP contribution in [-0.2, 0) is 0 Å². The van der Waals surface area contributed by atoms with E-state index in [9.17, 15) is 4.79 Å². The number of carbonyl (C=O) groups is 1. The van der Waals surface area contributed by atoms with E-state index in [2.05, 4.69) is 35.1 Å². The number of nitrogens with one attached hydrogen (secondary N) is 1. The molecule has 1 aliphatic heterocycles. The molecule has 2 atom stereocenters. The molecule has 18 heavy (non-hydrogen) atoms. The van der Waals surface area contributed by atoms with E-state index in [1.807, 2.05) is 11.0 Å². The molecule has 2 unspecified atom stereocenters. The minimum atomic E-state index is 0.0326. The predicted octanol–water partition coefficient (Wildman–Crippen LogP) is 2.92. The fourth-order valence-corrected chi connectivity index (χ4v) is 2.75. The van der Waals surface area contributed by atoms with E-state index < -0.39 is 0 Å². The molecule has 0 aliphatic carbocycles. The summed E-state index contributed by atoms with van der Waals surface area (Å²) in [5.41, 5.74) is 0.628. The van der Waals surface area contributed by atoms with E-state index in [0.29, 0.717) is 16.6 Å². The Bertz CT molecular complexity index is 466. The topological polar surface area (TPSA) is 32.3 Å². The molecule has 0 bridgehead atoms. The Morgan fingerprint density at radius 2 is 2.22 bits per heavy atom. The maximum Gasteiger partial charge on any atom is 0.255 e. The van der Waals surface area contributed by atoms with Crippen LogP contribution in [0.25, 0.3) is 0 Å². The molecule has 1 amide bonds. The second-order valence-electron chi connectivity index (χ2n) is 4.61. The molecule has 1 heterocycles. The molecule has 98 valence electrons. The van der Waals surface area contributed by atoms with Gasteiger partial charge in [0, 0.05) is 34.7 Å². The molecule has 1 aromatic rings. The molecular formula is C13H16BrClN2O. The van der Waals surface area contributed by atoms with Crippen molar-refractivity contribution in [3.05, 3.63) is 33.3 Å². The van der Waals surface area contributed by atoms with Crippen molar-refractivity contribution >= 4 is 33.4 Å². The van der Waals surface area contributed by atoms with Crippen molar-refractivity contribution in [2.75, 3.05) is 13.1 Å². The fourth-order valence-electron chi connectivity index (χ4n) is 2.16. The summed E-state index contributed by atoms with van der Waals surface area (Å²) in [6.07, 6.45) is 0. The van der Waals surface area contributed by atoms with Crippen LogP contribution >= 0.6 is 27.5 Å². The lowest BCUT2D eigenvalue weighted by atomic mass is 10.1. The number of nitrogens with zero attached hydrogens (tertiary/aromatic N) is 1. The van der Waals surface area contributed by atoms with Crippen molar-refractivity contribution in [3.63, 3.8) is 0 Å². The Hall–Kier alpha value is -0.580. The minimum absolute atomic E-state index is 0.0326. The predicted molar refractivity (Wildman–Crippen MR) is 77.1 cm³/mol. The average molecular weight is 332 g/mol. The van der Waals surface area contributed by atoms with E-state index in [-0.39, 0.29) is 11.9 Å². The Morgan fingerprint density at radius 3 is 2.94 bits per heavy atom. The van der Waals surface area contributed by atoms with Crippen LogP contribution in [0.1, 0.15) is 24.2 Å². The number of carbonyl (C=O) groups excluding carboxylic acids is 1. The normalized spacial score (nSPS) is 24.1. The van der Waals surface area contributed by atoms with E-state index in [1.54, 1.807) is 12.1 Å². The number of benzene rings is 1. The standard InChI is InChI=1S/C13H16BrClN2O/c1-8-9(2)17(6-5-16-8)13(18)11-7-10(15)3-4-12(11)14/h3-4,7-9,16H,5-6H2,1-2H3. The lowest BCUT2D eigenvalue weighted by molar-refractivity contribution is 0.0602. The molecule has 2 rings (SSSR count). The van der Waals surface area contributed by atoms with Crippen LogP contribution in [0.5, 0.6) is 0 Å². The number of hydrogen-bond donors (Lipinski definition) is 1. The summed E-state index contributed by atoms with van der Waals surface area (Å²) >= 11 is 9.37. The van der Waals surface area contributed by atoms with Gasteiger partial charge in [0.2, 0.25) is 0 Å². The molecule has 0 spiro atoms. The van der Waals surface area contributed by atoms with Crippen LogP contribution in [-0.4, -0.2) is 36.0 Å². The van der Waals surface area contributed by atoms with Gasteiger partial charge < -0.3 is 10.2 Å². The summed E-state index contributed by atoms with van der Waals surface area (Å²) in [5, 5.41) is 3.94. The van der Waals surface area contributed by atoms with Crippen LogP contribution in [0.2, 0.25) is 5.02 Å². The first kappa shape index (κ1) is 13.8. The summed E-state index contributed by atoms with van der Waals surface area (Å²) in [5.74, 6) is 0.0326. The third-order valence-electron chi connectivity index (χ3n) is 3.45. The van der Waals surface area contributed by atoms with Gasteiger partial charge in [0.1, 0.15) is 0 Å². The van der Waals surface area contributed by atoms with Crippen LogP contribution in [0.15, 0.2) is 22.7 Å². The van der Waals surface area contributed by atoms with Gasteiger partial charge in [0.25, 0.3) is 5.91 Å². The highest BCUT2D eigenvalue weighted by atomic mass is 79.9. The quantitative estimate of drug-likeness (QED) is 0.858. The highest BCUT2D eigenvalue weighted by Crippen LogP contribution is 2.24. The summed E-state index contributed by atoms with van der Waals surface area (Å²) in [6.45, 7) is 5.71. The van der Waals surface area contributed by atoms with Crippen molar-refractivity contribution in [1.29, 1.82) is 0 Å². The third-order valence-corrected chi connectivity index (χ3v) is 4.38. The summed E-state index contributed by atoms with van der Waals surface area (Å²) in [7, 11) is 0. The van der Waals surface area contributed by atoms with Gasteiger partial charge in [0.05, 0.1) is 5.56 Å². The second kappa shape index (κ2) is 5.59. The zero-order valence-electron chi connectivity index (χ0n) is 10.4. The molecular weight excluding hydrogens is 316 g/mol. The molecule has 1 aromatic carbocycles. The summed E-state index contributed by atoms with van der Waals surface area (Å²) < 4.78 is 0.787. The maximum absolute atomic E-state index is 12.5. The van der Waals surface area contributed by atoms with Crippen molar-refractivity contribution < 1.29 is 4.79 Å². The lowest BCUT2D eigenvalue weighted by Crippen LogP contribution is -2.57. The maximum atomic E-state index is 12.5. The highest BCUT2D eigenvalue weighted by molar-refractivity contribution is 9.10. The van der Waals surface area contributed by atoms with E-state index in [4.69, 9.17) is 11.6 Å². The molecule has 1 aliphatic rings. The van der Waals surface area contributed by atoms with Gasteiger partial charge in [-0.25, -0.2) is 0 Å². The van der Waals surface area contributed by atoms with Gasteiger partial charge in [-0.2, -0.15) is 0 Å². The average Bonchev–Trinajstić information content (AvgIpc) is 2.35. The molecule has 1 N–H and O–H groups in total. The van der Waals surface area contributed by atoms with Crippen molar-refractivity contribution in [2.24, 2.45) is 0 Å². The first-order chi connectivity index (χ1) is 8.50. The fraction of sp³-hybridized carbons (Fsp3) is 0.462. The minimum Gasteiger partial charge on any atom is -0.333 e. The van der Waals surface area contributed by atoms with Gasteiger partial charge >= 0.3 is 0 Å². The zero-order valence-corrected chi connectivity index (χ0v) is 12.8. The van der Waals surface area contributed by atoms with Crippen LogP contribution in [0, 0.1) is 0 Å². The van der Waals surface area contributed by atoms with Crippen LogP contribution in [0.4, 0.5) is 0 Å². The van der Waals surface area contributed by atoms with Crippen LogP contribution in [0.3, 0.4) is 0 Å². The summed E-state index contributed by atoms with van der Waals surface area (Å²) in [6, 6.07) is 5.78. The molecule has 3 nitrogen and oxygen atoms in total. The number of amides is 1. The van der Waals surface area contributed by atoms with Gasteiger partial charge in [-0.15, -0.1) is 0 Å². The number of halogens is 2. The SMILES string of the molecule is CC1NCCN(C(=O)c2cc(Cl)ccc2Br)C1C. The van der Waals surface area contributed by atoms with Gasteiger partial charge in [-0.05, 0) is 48.0 Å². The Balaban J connectivity index is 2.27. The molecule has 0 radical (unpaired) electrons. The summed E-state index contributed by atoms with van der Waals surface area (Å²) in [4.78, 5) is 14.4. The first-order valence-electron chi connectivity index (χ1n) is 6.00. The van der Waals surface area contributed by atoms with Crippen LogP contribution < -0.4 is 5.32 Å². The highest BCUT2D eigenvalue weighted by Gasteiger charge is 2.29. The molecule has 1 saturated heterocycles. The number of piperazine rings is 1. The Labute approximate surface area is 121 Å². The smallest absolute Gasteiger partial charge is 0.255 e. The zero-order chi connectivity index (χ0) is 13.3. The van der Waals surface area contributed by atoms with Crippen molar-refractivity contribution in [1.82, 2.24) is 10.2 Å². The second-order valence-corrected chi connectivity index (χ2v) is 5.90. The Morgan fingerprint density at radius 1 is 1.50 bits per heavy atom. The molecule has 1 fully saturated rings. The Kier molecular flexibility index (Phi) is 4.30. The molecule has 0 aromatic heterocycles. The van der Waals surface area contributed by atoms with Crippen molar-refractivity contribution in [2.45, 2.75) is 25.9 Å². The first-order valence-corrected chi connectivity index (χ1v) is 7.17. The van der Waals surface area contributed by atoms with E-state index in [1.165, 1.54) is 0 Å². The lowest BCUT2D eigenvalue weighted by Gasteiger charge is -2.38. The van der Waals surface area contributed by atoms with Gasteiger partial charge in [-0.3, -0.25) is 4.79 Å². The van der Waals surface area contributed by atoms with Crippen molar-refractivity contribution in [3.8, 4) is 0 Å². The third kappa shape index (κ3) is 2.71. The largest absolute Gasteiger partial charge is 0.333 e. The monoisotopic (exact) mass is 330 g/mol.